The third-order valence-electron chi connectivity index (χ3n) is 5.69. The molecule has 164 valence electrons. The number of aryl methyl sites for hydroxylation is 1. The van der Waals surface area contributed by atoms with Crippen LogP contribution >= 0.6 is 0 Å². The molecule has 1 fully saturated rings. The first-order valence-corrected chi connectivity index (χ1v) is 10.5. The number of benzene rings is 2. The third kappa shape index (κ3) is 4.46. The zero-order chi connectivity index (χ0) is 22.7. The lowest BCUT2D eigenvalue weighted by Gasteiger charge is -2.37. The maximum absolute atomic E-state index is 13.5. The SMILES string of the molecule is Cc1ccc(=O)n([C@@H](C(=O)c2ccc(F)cc2)C(=O)N2CCN(c3ccccc3)CC2)c1. The average Bonchev–Trinajstić information content (AvgIpc) is 2.82. The maximum atomic E-state index is 13.5. The highest BCUT2D eigenvalue weighted by atomic mass is 19.1. The molecule has 6 nitrogen and oxygen atoms in total. The van der Waals surface area contributed by atoms with Crippen molar-refractivity contribution in [2.45, 2.75) is 13.0 Å². The van der Waals surface area contributed by atoms with Gasteiger partial charge in [0, 0.05) is 49.7 Å². The summed E-state index contributed by atoms with van der Waals surface area (Å²) in [7, 11) is 0. The molecule has 1 aromatic heterocycles. The number of hydrogen-bond acceptors (Lipinski definition) is 4. The number of rotatable bonds is 5. The van der Waals surface area contributed by atoms with E-state index in [1.54, 1.807) is 17.9 Å². The molecule has 0 radical (unpaired) electrons. The van der Waals surface area contributed by atoms with E-state index in [4.69, 9.17) is 0 Å². The number of amides is 1. The Bertz CT molecular complexity index is 1170. The van der Waals surface area contributed by atoms with Crippen molar-refractivity contribution in [3.05, 3.63) is 100 Å². The van der Waals surface area contributed by atoms with Crippen LogP contribution in [0.4, 0.5) is 10.1 Å². The number of carbonyl (C=O) groups excluding carboxylic acids is 2. The number of halogens is 1. The molecule has 32 heavy (non-hydrogen) atoms. The molecule has 4 rings (SSSR count). The van der Waals surface area contributed by atoms with Crippen LogP contribution in [-0.2, 0) is 4.79 Å². The molecular formula is C25H24FN3O3. The van der Waals surface area contributed by atoms with Crippen LogP contribution < -0.4 is 10.5 Å². The molecule has 7 heteroatoms. The Balaban J connectivity index is 1.62. The molecule has 1 aliphatic heterocycles. The number of hydrogen-bond donors (Lipinski definition) is 0. The van der Waals surface area contributed by atoms with Gasteiger partial charge in [0.05, 0.1) is 0 Å². The first-order chi connectivity index (χ1) is 15.4. The van der Waals surface area contributed by atoms with Crippen LogP contribution in [0, 0.1) is 12.7 Å². The predicted molar refractivity (Wildman–Crippen MR) is 120 cm³/mol. The van der Waals surface area contributed by atoms with Crippen molar-refractivity contribution >= 4 is 17.4 Å². The maximum Gasteiger partial charge on any atom is 0.253 e. The minimum atomic E-state index is -1.34. The largest absolute Gasteiger partial charge is 0.368 e. The van der Waals surface area contributed by atoms with Crippen LogP contribution in [0.25, 0.3) is 0 Å². The van der Waals surface area contributed by atoms with Gasteiger partial charge in [-0.2, -0.15) is 0 Å². The molecule has 2 aromatic carbocycles. The second-order valence-electron chi connectivity index (χ2n) is 7.87. The van der Waals surface area contributed by atoms with E-state index in [9.17, 15) is 18.8 Å². The summed E-state index contributed by atoms with van der Waals surface area (Å²) in [5, 5.41) is 0. The summed E-state index contributed by atoms with van der Waals surface area (Å²) in [6.07, 6.45) is 1.52. The van der Waals surface area contributed by atoms with Gasteiger partial charge in [0.2, 0.25) is 0 Å². The highest BCUT2D eigenvalue weighted by Gasteiger charge is 2.35. The molecule has 0 bridgehead atoms. The highest BCUT2D eigenvalue weighted by Crippen LogP contribution is 2.21. The van der Waals surface area contributed by atoms with Gasteiger partial charge in [-0.1, -0.05) is 24.3 Å². The van der Waals surface area contributed by atoms with Crippen molar-refractivity contribution in [3.8, 4) is 0 Å². The number of carbonyl (C=O) groups is 2. The van der Waals surface area contributed by atoms with Crippen LogP contribution in [0.1, 0.15) is 22.0 Å². The summed E-state index contributed by atoms with van der Waals surface area (Å²) in [5.74, 6) is -1.44. The Morgan fingerprint density at radius 2 is 1.53 bits per heavy atom. The second-order valence-corrected chi connectivity index (χ2v) is 7.87. The van der Waals surface area contributed by atoms with Crippen LogP contribution in [0.3, 0.4) is 0 Å². The van der Waals surface area contributed by atoms with E-state index in [1.165, 1.54) is 41.1 Å². The van der Waals surface area contributed by atoms with E-state index < -0.39 is 29.1 Å². The number of nitrogens with zero attached hydrogens (tertiary/aromatic N) is 3. The van der Waals surface area contributed by atoms with Crippen molar-refractivity contribution < 1.29 is 14.0 Å². The highest BCUT2D eigenvalue weighted by molar-refractivity contribution is 6.11. The van der Waals surface area contributed by atoms with Gasteiger partial charge < -0.3 is 9.80 Å². The standard InChI is InChI=1S/C25H24FN3O3/c1-18-7-12-22(30)29(17-18)23(24(31)19-8-10-20(26)11-9-19)25(32)28-15-13-27(14-16-28)21-5-3-2-4-6-21/h2-12,17,23H,13-16H2,1H3/t23-/m0/s1. The van der Waals surface area contributed by atoms with Gasteiger partial charge in [0.1, 0.15) is 5.82 Å². The summed E-state index contributed by atoms with van der Waals surface area (Å²) >= 11 is 0. The Hall–Kier alpha value is -3.74. The molecule has 0 unspecified atom stereocenters. The summed E-state index contributed by atoms with van der Waals surface area (Å²) in [6.45, 7) is 3.90. The summed E-state index contributed by atoms with van der Waals surface area (Å²) in [4.78, 5) is 43.3. The number of anilines is 1. The lowest BCUT2D eigenvalue weighted by Crippen LogP contribution is -2.52. The Morgan fingerprint density at radius 3 is 2.19 bits per heavy atom. The molecule has 1 atom stereocenters. The molecule has 3 aromatic rings. The van der Waals surface area contributed by atoms with Crippen molar-refractivity contribution in [1.82, 2.24) is 9.47 Å². The van der Waals surface area contributed by atoms with Crippen molar-refractivity contribution in [2.75, 3.05) is 31.1 Å². The number of aromatic nitrogens is 1. The zero-order valence-electron chi connectivity index (χ0n) is 17.8. The number of piperazine rings is 1. The lowest BCUT2D eigenvalue weighted by molar-refractivity contribution is -0.133. The molecule has 0 spiro atoms. The first-order valence-electron chi connectivity index (χ1n) is 10.5. The molecular weight excluding hydrogens is 409 g/mol. The zero-order valence-corrected chi connectivity index (χ0v) is 17.8. The fourth-order valence-electron chi connectivity index (χ4n) is 3.94. The minimum Gasteiger partial charge on any atom is -0.368 e. The van der Waals surface area contributed by atoms with Gasteiger partial charge in [0.15, 0.2) is 11.8 Å². The van der Waals surface area contributed by atoms with Crippen molar-refractivity contribution in [3.63, 3.8) is 0 Å². The first kappa shape index (κ1) is 21.5. The molecule has 0 N–H and O–H groups in total. The molecule has 1 saturated heterocycles. The number of Topliss-reactive ketones (excluding diaryl/α,β-unsaturated/α-hetero) is 1. The quantitative estimate of drug-likeness (QED) is 0.458. The minimum absolute atomic E-state index is 0.182. The number of para-hydroxylation sites is 1. The molecule has 0 aliphatic carbocycles. The smallest absolute Gasteiger partial charge is 0.253 e. The van der Waals surface area contributed by atoms with E-state index in [1.807, 2.05) is 30.3 Å². The van der Waals surface area contributed by atoms with Gasteiger partial charge in [-0.25, -0.2) is 4.39 Å². The number of ketones is 1. The predicted octanol–water partition coefficient (Wildman–Crippen LogP) is 3.07. The van der Waals surface area contributed by atoms with E-state index in [-0.39, 0.29) is 5.56 Å². The Morgan fingerprint density at radius 1 is 0.875 bits per heavy atom. The van der Waals surface area contributed by atoms with Gasteiger partial charge in [-0.15, -0.1) is 0 Å². The van der Waals surface area contributed by atoms with Gasteiger partial charge >= 0.3 is 0 Å². The summed E-state index contributed by atoms with van der Waals surface area (Å²) in [5.41, 5.74) is 1.57. The van der Waals surface area contributed by atoms with Crippen LogP contribution in [0.5, 0.6) is 0 Å². The molecule has 1 amide bonds. The van der Waals surface area contributed by atoms with Crippen LogP contribution in [-0.4, -0.2) is 47.3 Å². The van der Waals surface area contributed by atoms with E-state index >= 15 is 0 Å². The monoisotopic (exact) mass is 433 g/mol. The fourth-order valence-corrected chi connectivity index (χ4v) is 3.94. The Kier molecular flexibility index (Phi) is 6.16. The van der Waals surface area contributed by atoms with Gasteiger partial charge in [-0.3, -0.25) is 19.0 Å². The second kappa shape index (κ2) is 9.18. The lowest BCUT2D eigenvalue weighted by atomic mass is 10.0. The average molecular weight is 433 g/mol. The summed E-state index contributed by atoms with van der Waals surface area (Å²) in [6, 6.07) is 16.6. The number of pyridine rings is 1. The topological polar surface area (TPSA) is 62.6 Å². The van der Waals surface area contributed by atoms with E-state index in [0.29, 0.717) is 26.2 Å². The van der Waals surface area contributed by atoms with Gasteiger partial charge in [-0.05, 0) is 48.9 Å². The Labute approximate surface area is 185 Å². The van der Waals surface area contributed by atoms with Crippen LogP contribution in [0.15, 0.2) is 77.7 Å². The van der Waals surface area contributed by atoms with E-state index in [2.05, 4.69) is 4.90 Å². The van der Waals surface area contributed by atoms with Gasteiger partial charge in [0.25, 0.3) is 11.5 Å². The fraction of sp³-hybridized carbons (Fsp3) is 0.240. The van der Waals surface area contributed by atoms with Crippen molar-refractivity contribution in [2.24, 2.45) is 0 Å². The normalized spacial score (nSPS) is 14.8. The molecule has 0 saturated carbocycles. The molecule has 1 aliphatic rings. The third-order valence-corrected chi connectivity index (χ3v) is 5.69. The van der Waals surface area contributed by atoms with E-state index in [0.717, 1.165) is 11.3 Å². The van der Waals surface area contributed by atoms with Crippen LogP contribution in [0.2, 0.25) is 0 Å². The molecule has 2 heterocycles. The van der Waals surface area contributed by atoms with Crippen molar-refractivity contribution in [1.29, 1.82) is 0 Å². The summed E-state index contributed by atoms with van der Waals surface area (Å²) < 4.78 is 14.6.